The number of carbonyl (C=O) groups is 1. The summed E-state index contributed by atoms with van der Waals surface area (Å²) in [6.45, 7) is 12.2. The van der Waals surface area contributed by atoms with Crippen LogP contribution in [0.15, 0.2) is 30.5 Å². The van der Waals surface area contributed by atoms with Gasteiger partial charge in [0.1, 0.15) is 0 Å². The van der Waals surface area contributed by atoms with E-state index in [1.807, 2.05) is 9.58 Å². The van der Waals surface area contributed by atoms with E-state index in [9.17, 15) is 4.79 Å². The van der Waals surface area contributed by atoms with Gasteiger partial charge in [-0.3, -0.25) is 4.79 Å². The molecule has 1 aromatic carbocycles. The number of carbonyl (C=O) groups excluding carboxylic acids is 1. The fraction of sp³-hybridized carbons (Fsp3) is 0.545. The Morgan fingerprint density at radius 3 is 2.43 bits per heavy atom. The maximum atomic E-state index is 13.2. The van der Waals surface area contributed by atoms with Gasteiger partial charge in [0.2, 0.25) is 0 Å². The molecule has 1 saturated heterocycles. The van der Waals surface area contributed by atoms with Crippen molar-refractivity contribution in [2.45, 2.75) is 46.5 Å². The predicted molar refractivity (Wildman–Crippen MR) is 117 cm³/mol. The van der Waals surface area contributed by atoms with E-state index in [1.165, 1.54) is 5.56 Å². The van der Waals surface area contributed by atoms with E-state index >= 15 is 0 Å². The van der Waals surface area contributed by atoms with E-state index in [1.54, 1.807) is 6.20 Å². The van der Waals surface area contributed by atoms with Crippen molar-refractivity contribution in [1.29, 1.82) is 0 Å². The molecule has 0 bridgehead atoms. The van der Waals surface area contributed by atoms with Crippen LogP contribution in [0.4, 0.5) is 0 Å². The van der Waals surface area contributed by atoms with Gasteiger partial charge in [-0.15, -0.1) is 12.4 Å². The molecule has 1 amide bonds. The average molecular weight is 405 g/mol. The van der Waals surface area contributed by atoms with E-state index < -0.39 is 0 Å². The molecule has 1 fully saturated rings. The lowest BCUT2D eigenvalue weighted by Crippen LogP contribution is -2.41. The van der Waals surface area contributed by atoms with Gasteiger partial charge in [-0.25, -0.2) is 4.68 Å². The van der Waals surface area contributed by atoms with Crippen LogP contribution in [-0.2, 0) is 0 Å². The standard InChI is InChI=1S/C22H32N4O.ClH/c1-5-23-14-18-10-12-25(13-11-18)22(27)20-15-24-26(21(20)16(2)3)19-8-6-17(4)7-9-19;/h6-9,15-16,18,23H,5,10-14H2,1-4H3;1H. The Morgan fingerprint density at radius 2 is 1.86 bits per heavy atom. The summed E-state index contributed by atoms with van der Waals surface area (Å²) in [6, 6.07) is 8.29. The van der Waals surface area contributed by atoms with Crippen molar-refractivity contribution in [2.75, 3.05) is 26.2 Å². The van der Waals surface area contributed by atoms with Crippen LogP contribution in [0.1, 0.15) is 61.1 Å². The van der Waals surface area contributed by atoms with E-state index in [4.69, 9.17) is 0 Å². The monoisotopic (exact) mass is 404 g/mol. The molecular weight excluding hydrogens is 372 g/mol. The van der Waals surface area contributed by atoms with Crippen LogP contribution >= 0.6 is 12.4 Å². The zero-order chi connectivity index (χ0) is 19.4. The number of nitrogens with one attached hydrogen (secondary N) is 1. The number of hydrogen-bond acceptors (Lipinski definition) is 3. The zero-order valence-corrected chi connectivity index (χ0v) is 18.3. The van der Waals surface area contributed by atoms with E-state index in [-0.39, 0.29) is 24.2 Å². The number of amides is 1. The topological polar surface area (TPSA) is 50.2 Å². The summed E-state index contributed by atoms with van der Waals surface area (Å²) in [7, 11) is 0. The van der Waals surface area contributed by atoms with Gasteiger partial charge in [0.05, 0.1) is 23.1 Å². The number of aryl methyl sites for hydroxylation is 1. The highest BCUT2D eigenvalue weighted by Crippen LogP contribution is 2.26. The lowest BCUT2D eigenvalue weighted by atomic mass is 9.96. The minimum Gasteiger partial charge on any atom is -0.339 e. The minimum atomic E-state index is 0. The third-order valence-corrected chi connectivity index (χ3v) is 5.45. The second-order valence-corrected chi connectivity index (χ2v) is 7.89. The summed E-state index contributed by atoms with van der Waals surface area (Å²) >= 11 is 0. The normalized spacial score (nSPS) is 15.0. The van der Waals surface area contributed by atoms with E-state index in [0.717, 1.165) is 56.0 Å². The van der Waals surface area contributed by atoms with Crippen LogP contribution in [0.5, 0.6) is 0 Å². The third kappa shape index (κ3) is 4.95. The number of hydrogen-bond donors (Lipinski definition) is 1. The van der Waals surface area contributed by atoms with E-state index in [0.29, 0.717) is 5.92 Å². The molecule has 1 aliphatic heterocycles. The molecule has 2 aromatic rings. The van der Waals surface area contributed by atoms with Gasteiger partial charge in [0.15, 0.2) is 0 Å². The first-order valence-electron chi connectivity index (χ1n) is 10.2. The minimum absolute atomic E-state index is 0. The summed E-state index contributed by atoms with van der Waals surface area (Å²) in [5, 5.41) is 7.99. The summed E-state index contributed by atoms with van der Waals surface area (Å²) < 4.78 is 1.93. The maximum Gasteiger partial charge on any atom is 0.257 e. The number of aromatic nitrogens is 2. The van der Waals surface area contributed by atoms with Crippen LogP contribution in [0.2, 0.25) is 0 Å². The summed E-state index contributed by atoms with van der Waals surface area (Å²) in [5.74, 6) is 1.02. The first kappa shape index (κ1) is 22.4. The highest BCUT2D eigenvalue weighted by molar-refractivity contribution is 5.95. The SMILES string of the molecule is CCNCC1CCN(C(=O)c2cnn(-c3ccc(C)cc3)c2C(C)C)CC1.Cl. The fourth-order valence-electron chi connectivity index (χ4n) is 3.83. The van der Waals surface area contributed by atoms with Gasteiger partial charge >= 0.3 is 0 Å². The number of benzene rings is 1. The average Bonchev–Trinajstić information content (AvgIpc) is 3.12. The summed E-state index contributed by atoms with van der Waals surface area (Å²) in [4.78, 5) is 15.2. The molecule has 5 nitrogen and oxygen atoms in total. The zero-order valence-electron chi connectivity index (χ0n) is 17.4. The van der Waals surface area contributed by atoms with Crippen LogP contribution in [0.3, 0.4) is 0 Å². The molecule has 0 spiro atoms. The molecule has 6 heteroatoms. The van der Waals surface area contributed by atoms with Crippen molar-refractivity contribution in [3.8, 4) is 5.69 Å². The van der Waals surface area contributed by atoms with Gasteiger partial charge in [-0.1, -0.05) is 38.5 Å². The van der Waals surface area contributed by atoms with Crippen molar-refractivity contribution in [3.63, 3.8) is 0 Å². The Bertz CT molecular complexity index is 761. The Hall–Kier alpha value is -1.85. The molecule has 0 saturated carbocycles. The lowest BCUT2D eigenvalue weighted by molar-refractivity contribution is 0.0688. The molecule has 1 aromatic heterocycles. The fourth-order valence-corrected chi connectivity index (χ4v) is 3.83. The van der Waals surface area contributed by atoms with Gasteiger partial charge in [0.25, 0.3) is 5.91 Å². The molecule has 28 heavy (non-hydrogen) atoms. The van der Waals surface area contributed by atoms with Crippen molar-refractivity contribution < 1.29 is 4.79 Å². The van der Waals surface area contributed by atoms with Crippen molar-refractivity contribution >= 4 is 18.3 Å². The second-order valence-electron chi connectivity index (χ2n) is 7.89. The number of likely N-dealkylation sites (tertiary alicyclic amines) is 1. The van der Waals surface area contributed by atoms with Crippen LogP contribution in [0.25, 0.3) is 5.69 Å². The third-order valence-electron chi connectivity index (χ3n) is 5.45. The molecule has 0 aliphatic carbocycles. The Labute approximate surface area is 174 Å². The number of rotatable bonds is 6. The smallest absolute Gasteiger partial charge is 0.257 e. The lowest BCUT2D eigenvalue weighted by Gasteiger charge is -2.32. The van der Waals surface area contributed by atoms with Gasteiger partial charge < -0.3 is 10.2 Å². The van der Waals surface area contributed by atoms with Crippen molar-refractivity contribution in [1.82, 2.24) is 20.0 Å². The predicted octanol–water partition coefficient (Wildman–Crippen LogP) is 4.19. The maximum absolute atomic E-state index is 13.2. The first-order valence-corrected chi connectivity index (χ1v) is 10.2. The Morgan fingerprint density at radius 1 is 1.21 bits per heavy atom. The highest BCUT2D eigenvalue weighted by atomic mass is 35.5. The summed E-state index contributed by atoms with van der Waals surface area (Å²) in [6.07, 6.45) is 3.89. The van der Waals surface area contributed by atoms with Crippen molar-refractivity contribution in [3.05, 3.63) is 47.3 Å². The largest absolute Gasteiger partial charge is 0.339 e. The molecule has 0 radical (unpaired) electrons. The number of piperidine rings is 1. The second kappa shape index (κ2) is 10.1. The van der Waals surface area contributed by atoms with Crippen molar-refractivity contribution in [2.24, 2.45) is 5.92 Å². The molecule has 2 heterocycles. The number of nitrogens with zero attached hydrogens (tertiary/aromatic N) is 3. The van der Waals surface area contributed by atoms with Gasteiger partial charge in [-0.05, 0) is 56.8 Å². The quantitative estimate of drug-likeness (QED) is 0.785. The molecule has 1 aliphatic rings. The highest BCUT2D eigenvalue weighted by Gasteiger charge is 2.28. The molecule has 3 rings (SSSR count). The molecular formula is C22H33ClN4O. The van der Waals surface area contributed by atoms with Crippen LogP contribution in [0, 0.1) is 12.8 Å². The Balaban J connectivity index is 0.00000280. The van der Waals surface area contributed by atoms with E-state index in [2.05, 4.69) is 62.4 Å². The summed E-state index contributed by atoms with van der Waals surface area (Å²) in [5.41, 5.74) is 3.97. The van der Waals surface area contributed by atoms with Crippen LogP contribution in [-0.4, -0.2) is 46.8 Å². The molecule has 154 valence electrons. The Kier molecular flexibility index (Phi) is 8.08. The molecule has 1 N–H and O–H groups in total. The van der Waals surface area contributed by atoms with Crippen LogP contribution < -0.4 is 5.32 Å². The molecule has 0 atom stereocenters. The first-order chi connectivity index (χ1) is 13.0. The number of halogens is 1. The molecule has 0 unspecified atom stereocenters. The van der Waals surface area contributed by atoms with Gasteiger partial charge in [0, 0.05) is 13.1 Å². The van der Waals surface area contributed by atoms with Gasteiger partial charge in [-0.2, -0.15) is 5.10 Å².